The van der Waals surface area contributed by atoms with E-state index in [0.717, 1.165) is 18.5 Å². The smallest absolute Gasteiger partial charge is 0.288 e. The van der Waals surface area contributed by atoms with Crippen molar-refractivity contribution in [2.75, 3.05) is 6.54 Å². The number of pyridine rings is 1. The highest BCUT2D eigenvalue weighted by atomic mass is 16.6. The predicted octanol–water partition coefficient (Wildman–Crippen LogP) is 1.94. The van der Waals surface area contributed by atoms with Gasteiger partial charge in [-0.2, -0.15) is 4.73 Å². The van der Waals surface area contributed by atoms with Gasteiger partial charge in [-0.15, -0.1) is 0 Å². The quantitative estimate of drug-likeness (QED) is 0.113. The average molecular weight is 235 g/mol. The van der Waals surface area contributed by atoms with Gasteiger partial charge in [0.25, 0.3) is 5.69 Å². The summed E-state index contributed by atoms with van der Waals surface area (Å²) in [4.78, 5) is 12.7. The molecular formula is C9H9N5O3. The lowest BCUT2D eigenvalue weighted by atomic mass is 10.2. The molecule has 1 aromatic rings. The largest absolute Gasteiger partial charge is 0.619 e. The van der Waals surface area contributed by atoms with E-state index in [2.05, 4.69) is 10.0 Å². The molecule has 0 aliphatic heterocycles. The van der Waals surface area contributed by atoms with Gasteiger partial charge in [-0.25, -0.2) is 0 Å². The highest BCUT2D eigenvalue weighted by Gasteiger charge is 2.13. The molecule has 0 atom stereocenters. The number of nitrogens with zero attached hydrogens (tertiary/aromatic N) is 5. The zero-order valence-corrected chi connectivity index (χ0v) is 8.76. The standard InChI is InChI=1S/C9H9N5O3/c10-12-11-5-2-1-3-8-7-13(15)6-4-9(8)14(16)17/h1,3-4,6-7H,2,5H2. The Morgan fingerprint density at radius 2 is 2.41 bits per heavy atom. The maximum atomic E-state index is 11.0. The van der Waals surface area contributed by atoms with Gasteiger partial charge in [-0.3, -0.25) is 10.1 Å². The van der Waals surface area contributed by atoms with Crippen molar-refractivity contribution < 1.29 is 9.65 Å². The maximum Gasteiger partial charge on any atom is 0.288 e. The Labute approximate surface area is 96.2 Å². The Hall–Kier alpha value is -2.60. The second-order valence-electron chi connectivity index (χ2n) is 3.05. The topological polar surface area (TPSA) is 119 Å². The summed E-state index contributed by atoms with van der Waals surface area (Å²) in [6.45, 7) is 0.269. The molecule has 1 aromatic heterocycles. The van der Waals surface area contributed by atoms with Crippen molar-refractivity contribution in [3.63, 3.8) is 0 Å². The molecule has 1 heterocycles. The van der Waals surface area contributed by atoms with Crippen LogP contribution in [0.5, 0.6) is 0 Å². The fourth-order valence-corrected chi connectivity index (χ4v) is 1.17. The van der Waals surface area contributed by atoms with E-state index in [-0.39, 0.29) is 17.8 Å². The first-order valence-corrected chi connectivity index (χ1v) is 4.69. The molecule has 0 aliphatic rings. The number of nitro groups is 1. The molecule has 8 nitrogen and oxygen atoms in total. The zero-order chi connectivity index (χ0) is 12.7. The van der Waals surface area contributed by atoms with Crippen LogP contribution < -0.4 is 4.73 Å². The van der Waals surface area contributed by atoms with Crippen LogP contribution in [0.2, 0.25) is 0 Å². The van der Waals surface area contributed by atoms with E-state index in [1.54, 1.807) is 6.08 Å². The fraction of sp³-hybridized carbons (Fsp3) is 0.222. The fourth-order valence-electron chi connectivity index (χ4n) is 1.17. The van der Waals surface area contributed by atoms with Crippen LogP contribution in [-0.2, 0) is 0 Å². The molecule has 8 heteroatoms. The normalized spacial score (nSPS) is 10.1. The average Bonchev–Trinajstić information content (AvgIpc) is 2.28. The molecule has 0 spiro atoms. The third kappa shape index (κ3) is 3.80. The van der Waals surface area contributed by atoms with Crippen molar-refractivity contribution >= 4 is 11.8 Å². The molecule has 0 saturated carbocycles. The van der Waals surface area contributed by atoms with Crippen LogP contribution in [0, 0.1) is 15.3 Å². The van der Waals surface area contributed by atoms with Gasteiger partial charge in [0.05, 0.1) is 11.0 Å². The molecule has 1 rings (SSSR count). The summed E-state index contributed by atoms with van der Waals surface area (Å²) in [6, 6.07) is 1.14. The molecule has 0 amide bonds. The van der Waals surface area contributed by atoms with Gasteiger partial charge in [-0.1, -0.05) is 11.2 Å². The number of hydrogen-bond donors (Lipinski definition) is 0. The molecule has 0 bridgehead atoms. The van der Waals surface area contributed by atoms with Crippen molar-refractivity contribution in [3.05, 3.63) is 55.9 Å². The van der Waals surface area contributed by atoms with Crippen LogP contribution in [0.1, 0.15) is 12.0 Å². The van der Waals surface area contributed by atoms with Crippen molar-refractivity contribution in [2.24, 2.45) is 5.11 Å². The van der Waals surface area contributed by atoms with Crippen molar-refractivity contribution in [3.8, 4) is 0 Å². The molecule has 0 saturated heterocycles. The lowest BCUT2D eigenvalue weighted by Gasteiger charge is -1.98. The Morgan fingerprint density at radius 1 is 1.65 bits per heavy atom. The van der Waals surface area contributed by atoms with E-state index in [1.807, 2.05) is 0 Å². The summed E-state index contributed by atoms with van der Waals surface area (Å²) in [6.07, 6.45) is 5.70. The molecule has 0 N–H and O–H groups in total. The minimum atomic E-state index is -0.562. The second-order valence-corrected chi connectivity index (χ2v) is 3.05. The molecule has 0 aliphatic carbocycles. The van der Waals surface area contributed by atoms with E-state index >= 15 is 0 Å². The summed E-state index contributed by atoms with van der Waals surface area (Å²) in [5.41, 5.74) is 8.11. The minimum absolute atomic E-state index is 0.142. The molecular weight excluding hydrogens is 226 g/mol. The van der Waals surface area contributed by atoms with E-state index in [9.17, 15) is 15.3 Å². The van der Waals surface area contributed by atoms with Crippen LogP contribution in [0.3, 0.4) is 0 Å². The van der Waals surface area contributed by atoms with Gasteiger partial charge < -0.3 is 5.21 Å². The van der Waals surface area contributed by atoms with Gasteiger partial charge in [0.2, 0.25) is 0 Å². The number of hydrogen-bond acceptors (Lipinski definition) is 4. The first-order chi connectivity index (χ1) is 8.15. The molecule has 0 unspecified atom stereocenters. The van der Waals surface area contributed by atoms with Crippen LogP contribution in [0.15, 0.2) is 29.7 Å². The predicted molar refractivity (Wildman–Crippen MR) is 59.7 cm³/mol. The van der Waals surface area contributed by atoms with E-state index in [4.69, 9.17) is 5.53 Å². The SMILES string of the molecule is [N-]=[N+]=NCCC=Cc1c[n+]([O-])ccc1[N+](=O)[O-]. The summed E-state index contributed by atoms with van der Waals surface area (Å²) < 4.78 is 0.486. The Bertz CT molecular complexity index is 493. The van der Waals surface area contributed by atoms with Crippen LogP contribution >= 0.6 is 0 Å². The Morgan fingerprint density at radius 3 is 3.06 bits per heavy atom. The third-order valence-electron chi connectivity index (χ3n) is 1.89. The third-order valence-corrected chi connectivity index (χ3v) is 1.89. The van der Waals surface area contributed by atoms with Crippen LogP contribution in [0.25, 0.3) is 16.5 Å². The first-order valence-electron chi connectivity index (χ1n) is 4.69. The molecule has 0 fully saturated rings. The van der Waals surface area contributed by atoms with E-state index < -0.39 is 4.92 Å². The van der Waals surface area contributed by atoms with Crippen molar-refractivity contribution in [1.82, 2.24) is 0 Å². The van der Waals surface area contributed by atoms with Gasteiger partial charge >= 0.3 is 0 Å². The van der Waals surface area contributed by atoms with Crippen molar-refractivity contribution in [1.29, 1.82) is 0 Å². The minimum Gasteiger partial charge on any atom is -0.619 e. The van der Waals surface area contributed by atoms with Gasteiger partial charge in [0.15, 0.2) is 12.4 Å². The van der Waals surface area contributed by atoms with Crippen LogP contribution in [-0.4, -0.2) is 11.5 Å². The van der Waals surface area contributed by atoms with Crippen molar-refractivity contribution in [2.45, 2.75) is 6.42 Å². The monoisotopic (exact) mass is 235 g/mol. The number of azide groups is 1. The van der Waals surface area contributed by atoms with E-state index in [1.165, 1.54) is 6.08 Å². The highest BCUT2D eigenvalue weighted by molar-refractivity contribution is 5.58. The zero-order valence-electron chi connectivity index (χ0n) is 8.76. The van der Waals surface area contributed by atoms with Gasteiger partial charge in [-0.05, 0) is 18.0 Å². The summed E-state index contributed by atoms with van der Waals surface area (Å²) in [5.74, 6) is 0. The first kappa shape index (κ1) is 12.5. The summed E-state index contributed by atoms with van der Waals surface area (Å²) in [7, 11) is 0. The molecule has 0 radical (unpaired) electrons. The Kier molecular flexibility index (Phi) is 4.46. The second kappa shape index (κ2) is 6.09. The summed E-state index contributed by atoms with van der Waals surface area (Å²) >= 11 is 0. The van der Waals surface area contributed by atoms with E-state index in [0.29, 0.717) is 11.2 Å². The maximum absolute atomic E-state index is 11.0. The lowest BCUT2D eigenvalue weighted by molar-refractivity contribution is -0.606. The van der Waals surface area contributed by atoms with Gasteiger partial charge in [0.1, 0.15) is 5.56 Å². The number of aromatic nitrogens is 1. The molecule has 88 valence electrons. The number of rotatable bonds is 5. The molecule has 0 aromatic carbocycles. The lowest BCUT2D eigenvalue weighted by Crippen LogP contribution is -2.24. The highest BCUT2D eigenvalue weighted by Crippen LogP contribution is 2.17. The van der Waals surface area contributed by atoms with Crippen LogP contribution in [0.4, 0.5) is 5.69 Å². The van der Waals surface area contributed by atoms with Gasteiger partial charge in [0, 0.05) is 11.5 Å². The summed E-state index contributed by atoms with van der Waals surface area (Å²) in [5, 5.41) is 25.0. The molecule has 17 heavy (non-hydrogen) atoms. The Balaban J connectivity index is 2.84.